The molecule has 0 spiro atoms. The highest BCUT2D eigenvalue weighted by Gasteiger charge is 2.24. The Bertz CT molecular complexity index is 545. The summed E-state index contributed by atoms with van der Waals surface area (Å²) in [5.74, 6) is -3.29. The molecule has 148 valence electrons. The van der Waals surface area contributed by atoms with Crippen LogP contribution in [0.25, 0.3) is 0 Å². The summed E-state index contributed by atoms with van der Waals surface area (Å²) in [4.78, 5) is 50.1. The molecule has 0 heterocycles. The Morgan fingerprint density at radius 2 is 1.77 bits per heavy atom. The molecule has 0 aromatic carbocycles. The van der Waals surface area contributed by atoms with Crippen molar-refractivity contribution in [2.24, 2.45) is 28.1 Å². The maximum atomic E-state index is 11.8. The molecule has 0 saturated heterocycles. The average molecular weight is 372 g/mol. The van der Waals surface area contributed by atoms with E-state index < -0.39 is 36.4 Å². The van der Waals surface area contributed by atoms with Crippen molar-refractivity contribution in [3.8, 4) is 0 Å². The van der Waals surface area contributed by atoms with E-state index in [-0.39, 0.29) is 24.1 Å². The summed E-state index contributed by atoms with van der Waals surface area (Å²) < 4.78 is 0. The minimum Gasteiger partial charge on any atom is -0.480 e. The maximum absolute atomic E-state index is 11.8. The fraction of sp³-hybridized carbons (Fsp3) is 0.667. The number of carboxylic acid groups (broad SMARTS) is 1. The first-order valence-electron chi connectivity index (χ1n) is 8.18. The third-order valence-electron chi connectivity index (χ3n) is 3.41. The average Bonchev–Trinajstić information content (AvgIpc) is 2.55. The molecule has 0 aliphatic heterocycles. The highest BCUT2D eigenvalue weighted by atomic mass is 16.4. The number of guanidine groups is 1. The fourth-order valence-corrected chi connectivity index (χ4v) is 1.83. The van der Waals surface area contributed by atoms with Gasteiger partial charge in [0.05, 0.1) is 12.6 Å². The highest BCUT2D eigenvalue weighted by molar-refractivity contribution is 5.92. The number of amides is 2. The van der Waals surface area contributed by atoms with E-state index in [1.54, 1.807) is 13.8 Å². The van der Waals surface area contributed by atoms with Crippen LogP contribution in [-0.2, 0) is 19.2 Å². The van der Waals surface area contributed by atoms with Crippen LogP contribution in [-0.4, -0.2) is 59.8 Å². The van der Waals surface area contributed by atoms with Crippen LogP contribution < -0.4 is 27.8 Å². The fourth-order valence-electron chi connectivity index (χ4n) is 1.83. The first-order valence-corrected chi connectivity index (χ1v) is 8.18. The molecule has 0 fully saturated rings. The number of carbonyl (C=O) groups is 4. The number of nitrogens with two attached hydrogens (primary N) is 3. The first kappa shape index (κ1) is 23.3. The Hall–Kier alpha value is -2.69. The Balaban J connectivity index is 4.32. The number of ketones is 1. The number of hydrogen-bond acceptors (Lipinski definition) is 6. The zero-order valence-electron chi connectivity index (χ0n) is 15.0. The molecule has 0 aliphatic carbocycles. The number of Topliss-reactive ketones (excluding diaryl/α,β-unsaturated/α-hetero) is 1. The van der Waals surface area contributed by atoms with E-state index >= 15 is 0 Å². The van der Waals surface area contributed by atoms with E-state index in [1.807, 2.05) is 0 Å². The van der Waals surface area contributed by atoms with Gasteiger partial charge in [0.1, 0.15) is 11.8 Å². The lowest BCUT2D eigenvalue weighted by molar-refractivity contribution is -0.143. The molecule has 11 nitrogen and oxygen atoms in total. The number of aliphatic imine (C=N–C) groups is 1. The van der Waals surface area contributed by atoms with Gasteiger partial charge < -0.3 is 32.9 Å². The van der Waals surface area contributed by atoms with Crippen molar-refractivity contribution in [3.05, 3.63) is 0 Å². The van der Waals surface area contributed by atoms with Crippen molar-refractivity contribution in [2.45, 2.75) is 45.2 Å². The number of carboxylic acids is 1. The second-order valence-electron chi connectivity index (χ2n) is 6.06. The van der Waals surface area contributed by atoms with Gasteiger partial charge in [-0.1, -0.05) is 13.8 Å². The zero-order valence-corrected chi connectivity index (χ0v) is 15.0. The molecular weight excluding hydrogens is 344 g/mol. The van der Waals surface area contributed by atoms with E-state index in [2.05, 4.69) is 15.6 Å². The van der Waals surface area contributed by atoms with Crippen molar-refractivity contribution in [3.63, 3.8) is 0 Å². The van der Waals surface area contributed by atoms with Crippen molar-refractivity contribution in [1.29, 1.82) is 0 Å². The second-order valence-corrected chi connectivity index (χ2v) is 6.06. The number of rotatable bonds is 12. The molecule has 11 heteroatoms. The van der Waals surface area contributed by atoms with Crippen molar-refractivity contribution >= 4 is 29.5 Å². The molecule has 0 aliphatic rings. The predicted molar refractivity (Wildman–Crippen MR) is 94.9 cm³/mol. The number of aliphatic carboxylic acids is 1. The molecule has 0 rings (SSSR count). The molecule has 0 aromatic rings. The van der Waals surface area contributed by atoms with Crippen LogP contribution in [0.2, 0.25) is 0 Å². The maximum Gasteiger partial charge on any atom is 0.326 e. The van der Waals surface area contributed by atoms with Gasteiger partial charge in [-0.2, -0.15) is 0 Å². The lowest BCUT2D eigenvalue weighted by Crippen LogP contribution is -2.49. The van der Waals surface area contributed by atoms with Crippen LogP contribution >= 0.6 is 0 Å². The number of nitrogens with zero attached hydrogens (tertiary/aromatic N) is 1. The minimum absolute atomic E-state index is 0.0522. The standard InChI is InChI=1S/C15H28N6O5/c1-8(2)11(22)6-10(14(25)26)21-12(23)7-20-13(24)9(16)4-3-5-19-15(17)18/h8-10H,3-7,16H2,1-2H3,(H,20,24)(H,21,23)(H,25,26)(H4,17,18,19)/t9-,10-/m0/s1. The van der Waals surface area contributed by atoms with Gasteiger partial charge in [0.15, 0.2) is 5.96 Å². The first-order chi connectivity index (χ1) is 12.0. The van der Waals surface area contributed by atoms with Crippen molar-refractivity contribution in [2.75, 3.05) is 13.1 Å². The van der Waals surface area contributed by atoms with Crippen molar-refractivity contribution in [1.82, 2.24) is 10.6 Å². The SMILES string of the molecule is CC(C)C(=O)C[C@H](NC(=O)CNC(=O)[C@@H](N)CCCN=C(N)N)C(=O)O. The molecule has 2 amide bonds. The van der Waals surface area contributed by atoms with E-state index in [4.69, 9.17) is 22.3 Å². The summed E-state index contributed by atoms with van der Waals surface area (Å²) in [6, 6.07) is -2.20. The third kappa shape index (κ3) is 10.2. The Morgan fingerprint density at radius 1 is 1.15 bits per heavy atom. The Labute approximate surface area is 151 Å². The summed E-state index contributed by atoms with van der Waals surface area (Å²) in [6.45, 7) is 3.16. The van der Waals surface area contributed by atoms with Crippen LogP contribution in [0.15, 0.2) is 4.99 Å². The Kier molecular flexibility index (Phi) is 10.6. The second kappa shape index (κ2) is 11.8. The van der Waals surface area contributed by atoms with Crippen LogP contribution in [0.3, 0.4) is 0 Å². The van der Waals surface area contributed by atoms with Crippen LogP contribution in [0.5, 0.6) is 0 Å². The lowest BCUT2D eigenvalue weighted by atomic mass is 10.0. The van der Waals surface area contributed by atoms with Gasteiger partial charge in [-0.3, -0.25) is 19.4 Å². The highest BCUT2D eigenvalue weighted by Crippen LogP contribution is 2.03. The molecular formula is C15H28N6O5. The number of carbonyl (C=O) groups excluding carboxylic acids is 3. The summed E-state index contributed by atoms with van der Waals surface area (Å²) >= 11 is 0. The smallest absolute Gasteiger partial charge is 0.326 e. The van der Waals surface area contributed by atoms with Crippen LogP contribution in [0.1, 0.15) is 33.1 Å². The molecule has 26 heavy (non-hydrogen) atoms. The Morgan fingerprint density at radius 3 is 2.27 bits per heavy atom. The van der Waals surface area contributed by atoms with E-state index in [0.29, 0.717) is 19.4 Å². The van der Waals surface area contributed by atoms with Gasteiger partial charge in [0.2, 0.25) is 11.8 Å². The summed E-state index contributed by atoms with van der Waals surface area (Å²) in [6.07, 6.45) is 0.471. The van der Waals surface area contributed by atoms with Crippen molar-refractivity contribution < 1.29 is 24.3 Å². The molecule has 2 atom stereocenters. The summed E-state index contributed by atoms with van der Waals surface area (Å²) in [7, 11) is 0. The predicted octanol–water partition coefficient (Wildman–Crippen LogP) is -2.33. The molecule has 0 bridgehead atoms. The summed E-state index contributed by atoms with van der Waals surface area (Å²) in [5.41, 5.74) is 16.0. The minimum atomic E-state index is -1.34. The third-order valence-corrected chi connectivity index (χ3v) is 3.41. The van der Waals surface area contributed by atoms with Crippen LogP contribution in [0, 0.1) is 5.92 Å². The summed E-state index contributed by atoms with van der Waals surface area (Å²) in [5, 5.41) is 13.6. The number of nitrogens with one attached hydrogen (secondary N) is 2. The molecule has 0 aromatic heterocycles. The van der Waals surface area contributed by atoms with E-state index in [1.165, 1.54) is 0 Å². The zero-order chi connectivity index (χ0) is 20.3. The van der Waals surface area contributed by atoms with Gasteiger partial charge in [-0.15, -0.1) is 0 Å². The van der Waals surface area contributed by atoms with Gasteiger partial charge in [-0.25, -0.2) is 4.79 Å². The largest absolute Gasteiger partial charge is 0.480 e. The monoisotopic (exact) mass is 372 g/mol. The molecule has 0 unspecified atom stereocenters. The molecule has 9 N–H and O–H groups in total. The molecule has 0 radical (unpaired) electrons. The van der Waals surface area contributed by atoms with Gasteiger partial charge in [0.25, 0.3) is 0 Å². The van der Waals surface area contributed by atoms with Gasteiger partial charge in [-0.05, 0) is 12.8 Å². The molecule has 0 saturated carbocycles. The number of hydrogen-bond donors (Lipinski definition) is 6. The lowest BCUT2D eigenvalue weighted by Gasteiger charge is -2.16. The van der Waals surface area contributed by atoms with Gasteiger partial charge >= 0.3 is 5.97 Å². The van der Waals surface area contributed by atoms with Crippen LogP contribution in [0.4, 0.5) is 0 Å². The topological polar surface area (TPSA) is 203 Å². The van der Waals surface area contributed by atoms with E-state index in [0.717, 1.165) is 0 Å². The van der Waals surface area contributed by atoms with E-state index in [9.17, 15) is 19.2 Å². The normalized spacial score (nSPS) is 12.8. The quantitative estimate of drug-likeness (QED) is 0.124. The van der Waals surface area contributed by atoms with Gasteiger partial charge in [0, 0.05) is 18.9 Å².